The number of methoxy groups -OCH3 is 1. The smallest absolute Gasteiger partial charge is 0.261 e. The summed E-state index contributed by atoms with van der Waals surface area (Å²) < 4.78 is 12.0. The van der Waals surface area contributed by atoms with Crippen LogP contribution < -0.4 is 14.8 Å². The number of rotatable bonds is 8. The van der Waals surface area contributed by atoms with Gasteiger partial charge in [0.1, 0.15) is 17.5 Å². The molecule has 2 amide bonds. The molecule has 0 unspecified atom stereocenters. The predicted octanol–water partition coefficient (Wildman–Crippen LogP) is 4.48. The number of nitrogens with one attached hydrogen (secondary N) is 1. The van der Waals surface area contributed by atoms with Crippen molar-refractivity contribution in [2.24, 2.45) is 0 Å². The molecule has 0 aliphatic carbocycles. The van der Waals surface area contributed by atoms with Crippen molar-refractivity contribution in [3.63, 3.8) is 0 Å². The zero-order valence-electron chi connectivity index (χ0n) is 19.0. The molecular weight excluding hydrogens is 460 g/mol. The van der Waals surface area contributed by atoms with Crippen LogP contribution in [0.25, 0.3) is 0 Å². The molecule has 2 aromatic rings. The van der Waals surface area contributed by atoms with Gasteiger partial charge >= 0.3 is 0 Å². The van der Waals surface area contributed by atoms with Crippen LogP contribution >= 0.6 is 15.9 Å². The average molecular weight is 491 g/mol. The van der Waals surface area contributed by atoms with Gasteiger partial charge in [0.25, 0.3) is 5.91 Å². The highest BCUT2D eigenvalue weighted by atomic mass is 79.9. The van der Waals surface area contributed by atoms with Crippen molar-refractivity contribution in [2.75, 3.05) is 13.7 Å². The van der Waals surface area contributed by atoms with Crippen LogP contribution in [0.3, 0.4) is 0 Å². The zero-order chi connectivity index (χ0) is 23.2. The molecule has 0 radical (unpaired) electrons. The number of nitrogens with zero attached hydrogens (tertiary/aromatic N) is 1. The molecule has 1 N–H and O–H groups in total. The molecule has 0 bridgehead atoms. The first kappa shape index (κ1) is 24.7. The lowest BCUT2D eigenvalue weighted by molar-refractivity contribution is -0.142. The van der Waals surface area contributed by atoms with Crippen molar-refractivity contribution in [1.82, 2.24) is 10.2 Å². The van der Waals surface area contributed by atoms with Gasteiger partial charge in [0, 0.05) is 16.6 Å². The van der Waals surface area contributed by atoms with Gasteiger partial charge in [-0.1, -0.05) is 28.1 Å². The van der Waals surface area contributed by atoms with E-state index in [1.165, 1.54) is 4.90 Å². The normalized spacial score (nSPS) is 12.1. The van der Waals surface area contributed by atoms with E-state index in [4.69, 9.17) is 9.47 Å². The van der Waals surface area contributed by atoms with E-state index in [0.717, 1.165) is 15.6 Å². The maximum absolute atomic E-state index is 13.1. The molecule has 2 rings (SSSR count). The fourth-order valence-electron chi connectivity index (χ4n) is 2.96. The number of aryl methyl sites for hydroxylation is 1. The molecule has 0 spiro atoms. The molecule has 31 heavy (non-hydrogen) atoms. The van der Waals surface area contributed by atoms with Crippen molar-refractivity contribution in [2.45, 2.75) is 52.7 Å². The van der Waals surface area contributed by atoms with Crippen LogP contribution in [0.2, 0.25) is 0 Å². The quantitative estimate of drug-likeness (QED) is 0.592. The third-order valence-corrected chi connectivity index (χ3v) is 5.53. The third-order valence-electron chi connectivity index (χ3n) is 4.64. The Balaban J connectivity index is 2.20. The van der Waals surface area contributed by atoms with E-state index in [0.29, 0.717) is 11.5 Å². The minimum absolute atomic E-state index is 0.168. The molecule has 0 aliphatic heterocycles. The topological polar surface area (TPSA) is 67.9 Å². The summed E-state index contributed by atoms with van der Waals surface area (Å²) in [6.07, 6.45) is 0. The first-order valence-electron chi connectivity index (χ1n) is 10.1. The second kappa shape index (κ2) is 10.7. The highest BCUT2D eigenvalue weighted by molar-refractivity contribution is 9.10. The van der Waals surface area contributed by atoms with E-state index >= 15 is 0 Å². The Hall–Kier alpha value is -2.54. The van der Waals surface area contributed by atoms with Crippen molar-refractivity contribution in [1.29, 1.82) is 0 Å². The Kier molecular flexibility index (Phi) is 8.51. The number of ether oxygens (including phenoxy) is 2. The van der Waals surface area contributed by atoms with Gasteiger partial charge in [-0.25, -0.2) is 0 Å². The molecule has 168 valence electrons. The van der Waals surface area contributed by atoms with Crippen LogP contribution in [0.4, 0.5) is 0 Å². The molecule has 0 saturated heterocycles. The highest BCUT2D eigenvalue weighted by Crippen LogP contribution is 2.22. The Bertz CT molecular complexity index is 924. The lowest BCUT2D eigenvalue weighted by atomic mass is 10.1. The lowest BCUT2D eigenvalue weighted by Gasteiger charge is -2.31. The van der Waals surface area contributed by atoms with E-state index in [1.807, 2.05) is 64.1 Å². The van der Waals surface area contributed by atoms with E-state index in [2.05, 4.69) is 21.2 Å². The summed E-state index contributed by atoms with van der Waals surface area (Å²) in [6.45, 7) is 9.49. The number of halogens is 1. The summed E-state index contributed by atoms with van der Waals surface area (Å²) in [7, 11) is 1.59. The predicted molar refractivity (Wildman–Crippen MR) is 125 cm³/mol. The molecule has 0 saturated carbocycles. The van der Waals surface area contributed by atoms with E-state index < -0.39 is 11.6 Å². The number of hydrogen-bond acceptors (Lipinski definition) is 4. The fourth-order valence-corrected chi connectivity index (χ4v) is 3.21. The van der Waals surface area contributed by atoms with Crippen molar-refractivity contribution in [3.8, 4) is 11.5 Å². The van der Waals surface area contributed by atoms with Crippen LogP contribution in [0.1, 0.15) is 38.8 Å². The first-order valence-corrected chi connectivity index (χ1v) is 10.9. The maximum Gasteiger partial charge on any atom is 0.261 e. The second-order valence-electron chi connectivity index (χ2n) is 8.49. The van der Waals surface area contributed by atoms with E-state index in [-0.39, 0.29) is 25.0 Å². The summed E-state index contributed by atoms with van der Waals surface area (Å²) in [4.78, 5) is 27.4. The van der Waals surface area contributed by atoms with E-state index in [1.54, 1.807) is 20.1 Å². The van der Waals surface area contributed by atoms with Gasteiger partial charge in [-0.15, -0.1) is 0 Å². The minimum Gasteiger partial charge on any atom is -0.497 e. The first-order chi connectivity index (χ1) is 14.5. The Morgan fingerprint density at radius 1 is 1.13 bits per heavy atom. The average Bonchev–Trinajstić information content (AvgIpc) is 2.71. The molecule has 7 heteroatoms. The van der Waals surface area contributed by atoms with Crippen LogP contribution in [0.5, 0.6) is 11.5 Å². The summed E-state index contributed by atoms with van der Waals surface area (Å²) >= 11 is 3.45. The van der Waals surface area contributed by atoms with Gasteiger partial charge in [-0.05, 0) is 76.1 Å². The van der Waals surface area contributed by atoms with Crippen molar-refractivity contribution >= 4 is 27.7 Å². The number of hydrogen-bond donors (Lipinski definition) is 1. The standard InChI is InChI=1S/C24H31BrN2O4/c1-16-12-20(10-11-21(16)25)31-15-22(28)27(17(2)23(29)26-24(3,4)5)14-18-8-7-9-19(13-18)30-6/h7-13,17H,14-15H2,1-6H3,(H,26,29)/t17-/m1/s1. The number of benzene rings is 2. The number of amides is 2. The Labute approximate surface area is 193 Å². The summed E-state index contributed by atoms with van der Waals surface area (Å²) in [6, 6.07) is 12.3. The Morgan fingerprint density at radius 3 is 2.45 bits per heavy atom. The molecule has 0 aromatic heterocycles. The van der Waals surface area contributed by atoms with Crippen LogP contribution in [0, 0.1) is 6.92 Å². The fraction of sp³-hybridized carbons (Fsp3) is 0.417. The maximum atomic E-state index is 13.1. The molecule has 0 aliphatic rings. The van der Waals surface area contributed by atoms with Gasteiger partial charge in [-0.2, -0.15) is 0 Å². The molecule has 2 aromatic carbocycles. The van der Waals surface area contributed by atoms with Crippen LogP contribution in [-0.2, 0) is 16.1 Å². The van der Waals surface area contributed by atoms with Crippen LogP contribution in [0.15, 0.2) is 46.9 Å². The summed E-state index contributed by atoms with van der Waals surface area (Å²) in [5, 5.41) is 2.95. The highest BCUT2D eigenvalue weighted by Gasteiger charge is 2.28. The number of carbonyl (C=O) groups excluding carboxylic acids is 2. The van der Waals surface area contributed by atoms with E-state index in [9.17, 15) is 9.59 Å². The molecule has 6 nitrogen and oxygen atoms in total. The second-order valence-corrected chi connectivity index (χ2v) is 9.34. The van der Waals surface area contributed by atoms with Crippen molar-refractivity contribution < 1.29 is 19.1 Å². The molecule has 1 atom stereocenters. The van der Waals surface area contributed by atoms with Gasteiger partial charge < -0.3 is 19.7 Å². The SMILES string of the molecule is COc1cccc(CN(C(=O)COc2ccc(Br)c(C)c2)[C@H](C)C(=O)NC(C)(C)C)c1. The third kappa shape index (κ3) is 7.58. The molecule has 0 fully saturated rings. The zero-order valence-corrected chi connectivity index (χ0v) is 20.6. The number of carbonyl (C=O) groups is 2. The lowest BCUT2D eigenvalue weighted by Crippen LogP contribution is -2.53. The monoisotopic (exact) mass is 490 g/mol. The largest absolute Gasteiger partial charge is 0.497 e. The van der Waals surface area contributed by atoms with Gasteiger partial charge in [0.15, 0.2) is 6.61 Å². The molecule has 0 heterocycles. The Morgan fingerprint density at radius 2 is 1.84 bits per heavy atom. The van der Waals surface area contributed by atoms with Gasteiger partial charge in [0.2, 0.25) is 5.91 Å². The summed E-state index contributed by atoms with van der Waals surface area (Å²) in [5.74, 6) is 0.795. The van der Waals surface area contributed by atoms with Gasteiger partial charge in [0.05, 0.1) is 7.11 Å². The molecular formula is C24H31BrN2O4. The van der Waals surface area contributed by atoms with Crippen LogP contribution in [-0.4, -0.2) is 42.0 Å². The van der Waals surface area contributed by atoms with Gasteiger partial charge in [-0.3, -0.25) is 9.59 Å². The summed E-state index contributed by atoms with van der Waals surface area (Å²) in [5.41, 5.74) is 1.47. The van der Waals surface area contributed by atoms with Crippen molar-refractivity contribution in [3.05, 3.63) is 58.1 Å². The minimum atomic E-state index is -0.673.